The van der Waals surface area contributed by atoms with Gasteiger partial charge < -0.3 is 24.6 Å². The van der Waals surface area contributed by atoms with E-state index in [-0.39, 0.29) is 18.0 Å². The topological polar surface area (TPSA) is 71.1 Å². The van der Waals surface area contributed by atoms with Crippen molar-refractivity contribution in [3.63, 3.8) is 0 Å². The van der Waals surface area contributed by atoms with Gasteiger partial charge in [0, 0.05) is 32.4 Å². The van der Waals surface area contributed by atoms with E-state index in [9.17, 15) is 9.59 Å². The lowest BCUT2D eigenvalue weighted by molar-refractivity contribution is 0.0253. The summed E-state index contributed by atoms with van der Waals surface area (Å²) < 4.78 is 11.4. The lowest BCUT2D eigenvalue weighted by Gasteiger charge is -2.35. The van der Waals surface area contributed by atoms with Gasteiger partial charge in [-0.05, 0) is 89.5 Å². The smallest absolute Gasteiger partial charge is 0.410 e. The standard InChI is InChI=1S/C24H37N3O4/c1-24(2,3)31-23(29)26(4)16-18-8-7-15-27(17-18)22(28)25-19-11-13-21(14-12-19)30-20-9-5-6-10-20/h11-14,18,20H,5-10,15-17H2,1-4H3,(H,25,28). The summed E-state index contributed by atoms with van der Waals surface area (Å²) in [7, 11) is 1.75. The van der Waals surface area contributed by atoms with E-state index >= 15 is 0 Å². The minimum atomic E-state index is -0.512. The lowest BCUT2D eigenvalue weighted by atomic mass is 9.98. The van der Waals surface area contributed by atoms with Gasteiger partial charge in [-0.25, -0.2) is 9.59 Å². The van der Waals surface area contributed by atoms with Crippen molar-refractivity contribution in [1.82, 2.24) is 9.80 Å². The van der Waals surface area contributed by atoms with E-state index in [4.69, 9.17) is 9.47 Å². The molecule has 3 amide bonds. The number of ether oxygens (including phenoxy) is 2. The van der Waals surface area contributed by atoms with Crippen LogP contribution in [-0.2, 0) is 4.74 Å². The van der Waals surface area contributed by atoms with Gasteiger partial charge in [-0.15, -0.1) is 0 Å². The summed E-state index contributed by atoms with van der Waals surface area (Å²) in [6.45, 7) is 7.51. The summed E-state index contributed by atoms with van der Waals surface area (Å²) in [5, 5.41) is 2.99. The zero-order valence-electron chi connectivity index (χ0n) is 19.4. The molecule has 0 bridgehead atoms. The molecule has 1 atom stereocenters. The van der Waals surface area contributed by atoms with Gasteiger partial charge in [0.25, 0.3) is 0 Å². The van der Waals surface area contributed by atoms with Crippen molar-refractivity contribution in [2.24, 2.45) is 5.92 Å². The second-order valence-corrected chi connectivity index (χ2v) is 9.79. The number of benzene rings is 1. The van der Waals surface area contributed by atoms with E-state index in [0.717, 1.165) is 43.7 Å². The highest BCUT2D eigenvalue weighted by Crippen LogP contribution is 2.25. The first kappa shape index (κ1) is 23.2. The second kappa shape index (κ2) is 10.2. The van der Waals surface area contributed by atoms with Gasteiger partial charge in [0.15, 0.2) is 0 Å². The molecular formula is C24H37N3O4. The van der Waals surface area contributed by atoms with Crippen molar-refractivity contribution < 1.29 is 19.1 Å². The summed E-state index contributed by atoms with van der Waals surface area (Å²) in [4.78, 5) is 28.4. The third kappa shape index (κ3) is 7.33. The molecule has 1 unspecified atom stereocenters. The molecule has 172 valence electrons. The Morgan fingerprint density at radius 1 is 1.10 bits per heavy atom. The van der Waals surface area contributed by atoms with Crippen molar-refractivity contribution in [3.05, 3.63) is 24.3 Å². The third-order valence-corrected chi connectivity index (χ3v) is 5.75. The maximum Gasteiger partial charge on any atom is 0.410 e. The number of piperidine rings is 1. The Hall–Kier alpha value is -2.44. The maximum atomic E-state index is 12.8. The first-order valence-corrected chi connectivity index (χ1v) is 11.5. The van der Waals surface area contributed by atoms with Crippen molar-refractivity contribution in [2.45, 2.75) is 71.0 Å². The van der Waals surface area contributed by atoms with Gasteiger partial charge in [0.2, 0.25) is 0 Å². The Kier molecular flexibility index (Phi) is 7.68. The van der Waals surface area contributed by atoms with Gasteiger partial charge in [0.05, 0.1) is 6.10 Å². The largest absolute Gasteiger partial charge is 0.490 e. The minimum Gasteiger partial charge on any atom is -0.490 e. The van der Waals surface area contributed by atoms with Crippen LogP contribution in [-0.4, -0.2) is 60.3 Å². The Morgan fingerprint density at radius 3 is 2.42 bits per heavy atom. The summed E-state index contributed by atoms with van der Waals surface area (Å²) in [5.41, 5.74) is 0.249. The maximum absolute atomic E-state index is 12.8. The number of rotatable bonds is 5. The zero-order chi connectivity index (χ0) is 22.4. The van der Waals surface area contributed by atoms with Crippen LogP contribution in [0.5, 0.6) is 5.75 Å². The number of hydrogen-bond donors (Lipinski definition) is 1. The van der Waals surface area contributed by atoms with Gasteiger partial charge in [-0.1, -0.05) is 0 Å². The molecule has 7 nitrogen and oxygen atoms in total. The molecule has 1 aromatic carbocycles. The molecule has 1 aromatic rings. The van der Waals surface area contributed by atoms with Crippen LogP contribution in [0.1, 0.15) is 59.3 Å². The molecule has 0 aromatic heterocycles. The molecular weight excluding hydrogens is 394 g/mol. The quantitative estimate of drug-likeness (QED) is 0.702. The fraction of sp³-hybridized carbons (Fsp3) is 0.667. The highest BCUT2D eigenvalue weighted by atomic mass is 16.6. The number of likely N-dealkylation sites (tertiary alicyclic amines) is 1. The van der Waals surface area contributed by atoms with Crippen LogP contribution in [0.15, 0.2) is 24.3 Å². The van der Waals surface area contributed by atoms with E-state index < -0.39 is 5.60 Å². The Bertz CT molecular complexity index is 738. The Balaban J connectivity index is 1.47. The molecule has 1 aliphatic heterocycles. The molecule has 1 heterocycles. The summed E-state index contributed by atoms with van der Waals surface area (Å²) in [5.74, 6) is 1.09. The molecule has 0 radical (unpaired) electrons. The van der Waals surface area contributed by atoms with Crippen LogP contribution in [0.25, 0.3) is 0 Å². The summed E-state index contributed by atoms with van der Waals surface area (Å²) in [6.07, 6.45) is 6.64. The normalized spacial score (nSPS) is 19.7. The van der Waals surface area contributed by atoms with E-state index in [1.165, 1.54) is 12.8 Å². The summed E-state index contributed by atoms with van der Waals surface area (Å²) in [6, 6.07) is 7.51. The fourth-order valence-corrected chi connectivity index (χ4v) is 4.22. The number of carbonyl (C=O) groups is 2. The van der Waals surface area contributed by atoms with Gasteiger partial charge in [-0.2, -0.15) is 0 Å². The molecule has 2 aliphatic rings. The number of carbonyl (C=O) groups excluding carboxylic acids is 2. The minimum absolute atomic E-state index is 0.103. The molecule has 3 rings (SSSR count). The third-order valence-electron chi connectivity index (χ3n) is 5.75. The highest BCUT2D eigenvalue weighted by Gasteiger charge is 2.27. The van der Waals surface area contributed by atoms with E-state index in [0.29, 0.717) is 19.2 Å². The predicted octanol–water partition coefficient (Wildman–Crippen LogP) is 5.12. The van der Waals surface area contributed by atoms with Gasteiger partial charge in [0.1, 0.15) is 11.4 Å². The number of nitrogens with zero attached hydrogens (tertiary/aromatic N) is 2. The van der Waals surface area contributed by atoms with Crippen LogP contribution in [0.3, 0.4) is 0 Å². The summed E-state index contributed by atoms with van der Waals surface area (Å²) >= 11 is 0. The molecule has 1 N–H and O–H groups in total. The van der Waals surface area contributed by atoms with Crippen LogP contribution in [0.2, 0.25) is 0 Å². The van der Waals surface area contributed by atoms with Crippen molar-refractivity contribution in [2.75, 3.05) is 32.0 Å². The average molecular weight is 432 g/mol. The average Bonchev–Trinajstić information content (AvgIpc) is 3.21. The first-order valence-electron chi connectivity index (χ1n) is 11.5. The number of anilines is 1. The van der Waals surface area contributed by atoms with Crippen LogP contribution < -0.4 is 10.1 Å². The highest BCUT2D eigenvalue weighted by molar-refractivity contribution is 5.89. The number of urea groups is 1. The number of hydrogen-bond acceptors (Lipinski definition) is 4. The molecule has 2 fully saturated rings. The number of nitrogens with one attached hydrogen (secondary N) is 1. The molecule has 1 saturated carbocycles. The zero-order valence-corrected chi connectivity index (χ0v) is 19.4. The second-order valence-electron chi connectivity index (χ2n) is 9.79. The van der Waals surface area contributed by atoms with Gasteiger partial charge >= 0.3 is 12.1 Å². The van der Waals surface area contributed by atoms with Gasteiger partial charge in [-0.3, -0.25) is 0 Å². The molecule has 7 heteroatoms. The van der Waals surface area contributed by atoms with E-state index in [1.54, 1.807) is 11.9 Å². The SMILES string of the molecule is CN(CC1CCCN(C(=O)Nc2ccc(OC3CCCC3)cc2)C1)C(=O)OC(C)(C)C. The Morgan fingerprint density at radius 2 is 1.77 bits per heavy atom. The van der Waals surface area contributed by atoms with E-state index in [2.05, 4.69) is 5.32 Å². The van der Waals surface area contributed by atoms with Crippen LogP contribution in [0.4, 0.5) is 15.3 Å². The lowest BCUT2D eigenvalue weighted by Crippen LogP contribution is -2.46. The fourth-order valence-electron chi connectivity index (χ4n) is 4.22. The van der Waals surface area contributed by atoms with E-state index in [1.807, 2.05) is 49.9 Å². The predicted molar refractivity (Wildman–Crippen MR) is 122 cm³/mol. The van der Waals surface area contributed by atoms with Crippen molar-refractivity contribution in [1.29, 1.82) is 0 Å². The first-order chi connectivity index (χ1) is 14.7. The number of amides is 3. The van der Waals surface area contributed by atoms with Crippen molar-refractivity contribution >= 4 is 17.8 Å². The van der Waals surface area contributed by atoms with Crippen LogP contribution >= 0.6 is 0 Å². The monoisotopic (exact) mass is 431 g/mol. The molecule has 1 saturated heterocycles. The Labute approximate surface area is 186 Å². The molecule has 1 aliphatic carbocycles. The molecule has 0 spiro atoms. The molecule has 31 heavy (non-hydrogen) atoms. The van der Waals surface area contributed by atoms with Crippen molar-refractivity contribution in [3.8, 4) is 5.75 Å². The van der Waals surface area contributed by atoms with Crippen LogP contribution in [0, 0.1) is 5.92 Å².